The number of alkyl halides is 2. The second-order valence-electron chi connectivity index (χ2n) is 9.46. The molecule has 2 aromatic rings. The highest BCUT2D eigenvalue weighted by atomic mass is 19.3. The van der Waals surface area contributed by atoms with E-state index in [2.05, 4.69) is 41.1 Å². The van der Waals surface area contributed by atoms with Crippen LogP contribution >= 0.6 is 0 Å². The predicted octanol–water partition coefficient (Wildman–Crippen LogP) is 4.48. The molecule has 3 atom stereocenters. The first-order chi connectivity index (χ1) is 13.8. The fourth-order valence-electron chi connectivity index (χ4n) is 4.53. The van der Waals surface area contributed by atoms with Gasteiger partial charge in [-0.2, -0.15) is 5.10 Å². The molecule has 7 heteroatoms. The molecule has 0 bridgehead atoms. The van der Waals surface area contributed by atoms with Gasteiger partial charge < -0.3 is 5.32 Å². The summed E-state index contributed by atoms with van der Waals surface area (Å²) in [6, 6.07) is 7.11. The van der Waals surface area contributed by atoms with E-state index in [1.807, 2.05) is 30.5 Å². The van der Waals surface area contributed by atoms with E-state index in [9.17, 15) is 8.78 Å². The average molecular weight is 404 g/mol. The Morgan fingerprint density at radius 1 is 1.28 bits per heavy atom. The smallest absolute Gasteiger partial charge is 0.260 e. The monoisotopic (exact) mass is 403 g/mol. The summed E-state index contributed by atoms with van der Waals surface area (Å²) in [5.74, 6) is 1.08. The van der Waals surface area contributed by atoms with Crippen LogP contribution in [0.3, 0.4) is 0 Å². The number of hydrogen-bond donors (Lipinski definition) is 1. The summed E-state index contributed by atoms with van der Waals surface area (Å²) in [6.07, 6.45) is 1.96. The van der Waals surface area contributed by atoms with Gasteiger partial charge in [0.1, 0.15) is 11.9 Å². The Balaban J connectivity index is 1.50. The van der Waals surface area contributed by atoms with Gasteiger partial charge in [0.05, 0.1) is 11.4 Å². The summed E-state index contributed by atoms with van der Waals surface area (Å²) >= 11 is 0. The number of rotatable bonds is 4. The van der Waals surface area contributed by atoms with Crippen molar-refractivity contribution in [3.8, 4) is 0 Å². The maximum Gasteiger partial charge on any atom is 0.260 e. The van der Waals surface area contributed by atoms with Crippen LogP contribution < -0.4 is 5.32 Å². The van der Waals surface area contributed by atoms with Crippen LogP contribution in [0.15, 0.2) is 30.5 Å². The predicted molar refractivity (Wildman–Crippen MR) is 110 cm³/mol. The molecule has 2 aromatic heterocycles. The first kappa shape index (κ1) is 20.3. The molecule has 158 valence electrons. The Bertz CT molecular complexity index is 814. The Labute approximate surface area is 171 Å². The van der Waals surface area contributed by atoms with E-state index in [0.717, 1.165) is 49.7 Å². The zero-order valence-electron chi connectivity index (χ0n) is 17.5. The highest BCUT2D eigenvalue weighted by Gasteiger charge is 2.39. The first-order valence-electron chi connectivity index (χ1n) is 10.6. The van der Waals surface area contributed by atoms with E-state index in [1.165, 1.54) is 4.68 Å². The number of nitrogens with zero attached hydrogens (tertiary/aromatic N) is 4. The maximum atomic E-state index is 13.9. The molecule has 2 aliphatic rings. The topological polar surface area (TPSA) is 46.0 Å². The van der Waals surface area contributed by atoms with E-state index in [4.69, 9.17) is 0 Å². The largest absolute Gasteiger partial charge is 0.367 e. The lowest BCUT2D eigenvalue weighted by atomic mass is 9.86. The van der Waals surface area contributed by atoms with Crippen LogP contribution in [0.25, 0.3) is 0 Å². The molecule has 0 spiro atoms. The van der Waals surface area contributed by atoms with Crippen LogP contribution in [-0.2, 0) is 12.0 Å². The summed E-state index contributed by atoms with van der Waals surface area (Å²) in [7, 11) is 0. The summed E-state index contributed by atoms with van der Waals surface area (Å²) in [4.78, 5) is 6.84. The van der Waals surface area contributed by atoms with Crippen molar-refractivity contribution >= 4 is 5.82 Å². The summed E-state index contributed by atoms with van der Waals surface area (Å²) < 4.78 is 29.3. The van der Waals surface area contributed by atoms with E-state index < -0.39 is 12.5 Å². The molecule has 1 fully saturated rings. The van der Waals surface area contributed by atoms with Gasteiger partial charge in [-0.25, -0.2) is 13.5 Å². The molecule has 0 aliphatic carbocycles. The number of halogens is 2. The number of nitrogens with one attached hydrogen (secondary N) is 1. The zero-order valence-corrected chi connectivity index (χ0v) is 17.5. The van der Waals surface area contributed by atoms with Gasteiger partial charge >= 0.3 is 0 Å². The Morgan fingerprint density at radius 3 is 2.79 bits per heavy atom. The Morgan fingerprint density at radius 2 is 2.10 bits per heavy atom. The number of piperidine rings is 1. The van der Waals surface area contributed by atoms with Crippen molar-refractivity contribution in [1.29, 1.82) is 0 Å². The highest BCUT2D eigenvalue weighted by molar-refractivity contribution is 5.43. The maximum absolute atomic E-state index is 13.9. The number of pyridine rings is 1. The Hall–Kier alpha value is -2.02. The molecule has 0 amide bonds. The van der Waals surface area contributed by atoms with Crippen molar-refractivity contribution in [2.75, 3.05) is 18.4 Å². The Kier molecular flexibility index (Phi) is 5.60. The average Bonchev–Trinajstić information content (AvgIpc) is 3.13. The van der Waals surface area contributed by atoms with Crippen molar-refractivity contribution in [2.45, 2.75) is 70.5 Å². The second-order valence-corrected chi connectivity index (χ2v) is 9.46. The molecule has 0 aromatic carbocycles. The number of anilines is 1. The lowest BCUT2D eigenvalue weighted by molar-refractivity contribution is 0.0549. The van der Waals surface area contributed by atoms with Crippen LogP contribution in [0.5, 0.6) is 0 Å². The van der Waals surface area contributed by atoms with Gasteiger partial charge in [0.15, 0.2) is 0 Å². The fraction of sp³-hybridized carbons (Fsp3) is 0.636. The van der Waals surface area contributed by atoms with Crippen molar-refractivity contribution in [2.24, 2.45) is 5.92 Å². The normalized spacial score (nSPS) is 25.7. The van der Waals surface area contributed by atoms with Gasteiger partial charge in [-0.3, -0.25) is 9.88 Å². The molecule has 1 saturated heterocycles. The molecular weight excluding hydrogens is 372 g/mol. The van der Waals surface area contributed by atoms with E-state index >= 15 is 0 Å². The third kappa shape index (κ3) is 4.44. The van der Waals surface area contributed by atoms with Gasteiger partial charge in [-0.15, -0.1) is 0 Å². The number of fused-ring (bicyclic) bond motifs is 1. The van der Waals surface area contributed by atoms with Crippen LogP contribution in [0, 0.1) is 5.92 Å². The first-order valence-corrected chi connectivity index (χ1v) is 10.6. The lowest BCUT2D eigenvalue weighted by Gasteiger charge is -2.41. The van der Waals surface area contributed by atoms with Crippen LogP contribution in [0.2, 0.25) is 0 Å². The third-order valence-electron chi connectivity index (χ3n) is 6.16. The molecule has 29 heavy (non-hydrogen) atoms. The van der Waals surface area contributed by atoms with Crippen LogP contribution in [0.1, 0.15) is 57.5 Å². The fourth-order valence-corrected chi connectivity index (χ4v) is 4.53. The molecule has 4 heterocycles. The SMILES string of the molecule is CC(C)(C)c1cc2n(n1)[C@H](C(F)F)C[C@H]([C@@H]1CCCN(Cc3ccccn3)C1)N2. The zero-order chi connectivity index (χ0) is 20.6. The van der Waals surface area contributed by atoms with Gasteiger partial charge in [0, 0.05) is 36.8 Å². The van der Waals surface area contributed by atoms with E-state index in [-0.39, 0.29) is 11.5 Å². The number of hydrogen-bond acceptors (Lipinski definition) is 4. The minimum absolute atomic E-state index is 0.0394. The van der Waals surface area contributed by atoms with Crippen molar-refractivity contribution in [1.82, 2.24) is 19.7 Å². The van der Waals surface area contributed by atoms with Crippen LogP contribution in [-0.4, -0.2) is 45.2 Å². The van der Waals surface area contributed by atoms with Gasteiger partial charge in [-0.05, 0) is 43.9 Å². The lowest BCUT2D eigenvalue weighted by Crippen LogP contribution is -2.46. The van der Waals surface area contributed by atoms with Crippen molar-refractivity contribution < 1.29 is 8.78 Å². The van der Waals surface area contributed by atoms with Crippen molar-refractivity contribution in [3.63, 3.8) is 0 Å². The standard InChI is InChI=1S/C22H31F2N5/c1-22(2,3)19-12-20-26-17(11-18(21(23)24)29(20)27-19)15-7-6-10-28(13-15)14-16-8-4-5-9-25-16/h4-5,8-9,12,15,17-18,21,26H,6-7,10-11,13-14H2,1-3H3/t15-,17-,18+/m1/s1. The quantitative estimate of drug-likeness (QED) is 0.818. The molecule has 1 N–H and O–H groups in total. The molecule has 0 radical (unpaired) electrons. The minimum atomic E-state index is -2.42. The highest BCUT2D eigenvalue weighted by Crippen LogP contribution is 2.38. The minimum Gasteiger partial charge on any atom is -0.367 e. The molecule has 4 rings (SSSR count). The van der Waals surface area contributed by atoms with Crippen molar-refractivity contribution in [3.05, 3.63) is 41.9 Å². The molecule has 0 unspecified atom stereocenters. The third-order valence-corrected chi connectivity index (χ3v) is 6.16. The molecule has 5 nitrogen and oxygen atoms in total. The van der Waals surface area contributed by atoms with E-state index in [1.54, 1.807) is 0 Å². The van der Waals surface area contributed by atoms with Gasteiger partial charge in [-0.1, -0.05) is 26.8 Å². The van der Waals surface area contributed by atoms with Crippen LogP contribution in [0.4, 0.5) is 14.6 Å². The summed E-state index contributed by atoms with van der Waals surface area (Å²) in [5, 5.41) is 8.08. The summed E-state index contributed by atoms with van der Waals surface area (Å²) in [6.45, 7) is 8.94. The molecule has 2 aliphatic heterocycles. The second kappa shape index (κ2) is 8.01. The molecular formula is C22H31F2N5. The van der Waals surface area contributed by atoms with Gasteiger partial charge in [0.25, 0.3) is 6.43 Å². The van der Waals surface area contributed by atoms with E-state index in [0.29, 0.717) is 12.3 Å². The molecule has 0 saturated carbocycles. The number of likely N-dealkylation sites (tertiary alicyclic amines) is 1. The summed E-state index contributed by atoms with van der Waals surface area (Å²) in [5.41, 5.74) is 1.74. The number of aromatic nitrogens is 3. The van der Waals surface area contributed by atoms with Gasteiger partial charge in [0.2, 0.25) is 0 Å².